The van der Waals surface area contributed by atoms with E-state index in [9.17, 15) is 16.8 Å². The molecule has 0 aromatic heterocycles. The monoisotopic (exact) mass is 388 g/mol. The number of rotatable bonds is 7. The summed E-state index contributed by atoms with van der Waals surface area (Å²) in [5.74, 6) is 0.0926. The fraction of sp³-hybridized carbons (Fsp3) is 0.250. The molecule has 0 aliphatic heterocycles. The first-order valence-electron chi connectivity index (χ1n) is 7.41. The second-order valence-electron chi connectivity index (χ2n) is 4.77. The van der Waals surface area contributed by atoms with E-state index in [1.165, 1.54) is 24.3 Å². The highest BCUT2D eigenvalue weighted by molar-refractivity contribution is 7.86. The van der Waals surface area contributed by atoms with Crippen molar-refractivity contribution in [3.8, 4) is 5.75 Å². The molecule has 0 aliphatic rings. The molecular formula is C16H20O7S2. The van der Waals surface area contributed by atoms with Gasteiger partial charge in [0.1, 0.15) is 5.75 Å². The molecule has 0 spiro atoms. The van der Waals surface area contributed by atoms with Gasteiger partial charge in [-0.05, 0) is 30.7 Å². The van der Waals surface area contributed by atoms with Crippen LogP contribution in [0.1, 0.15) is 19.8 Å². The van der Waals surface area contributed by atoms with Crippen LogP contribution in [0.25, 0.3) is 0 Å². The fourth-order valence-electron chi connectivity index (χ4n) is 1.57. The Morgan fingerprint density at radius 2 is 1.40 bits per heavy atom. The van der Waals surface area contributed by atoms with E-state index < -0.39 is 20.5 Å². The average molecular weight is 388 g/mol. The maximum Gasteiger partial charge on any atom is 0.446 e. The molecule has 0 amide bonds. The largest absolute Gasteiger partial charge is 0.446 e. The Morgan fingerprint density at radius 3 is 1.88 bits per heavy atom. The highest BCUT2D eigenvalue weighted by Gasteiger charge is 2.13. The van der Waals surface area contributed by atoms with Crippen LogP contribution in [0.3, 0.4) is 0 Å². The molecule has 7 nitrogen and oxygen atoms in total. The molecule has 0 heterocycles. The molecule has 9 heteroatoms. The molecular weight excluding hydrogens is 368 g/mol. The maximum atomic E-state index is 11.5. The Balaban J connectivity index is 0.000000257. The lowest BCUT2D eigenvalue weighted by atomic mass is 10.3. The van der Waals surface area contributed by atoms with Crippen LogP contribution in [-0.2, 0) is 24.7 Å². The molecule has 0 aliphatic carbocycles. The fourth-order valence-corrected chi connectivity index (χ4v) is 2.88. The van der Waals surface area contributed by atoms with Gasteiger partial charge in [-0.1, -0.05) is 49.7 Å². The average Bonchev–Trinajstić information content (AvgIpc) is 2.56. The molecule has 0 bridgehead atoms. The SMILES string of the molecule is CCCCOS(=O)(=O)c1ccccc1.O=S(=O)(O)Oc1ccccc1. The minimum Gasteiger partial charge on any atom is -0.362 e. The van der Waals surface area contributed by atoms with Crippen molar-refractivity contribution in [2.45, 2.75) is 24.7 Å². The van der Waals surface area contributed by atoms with Crippen LogP contribution in [-0.4, -0.2) is 28.0 Å². The zero-order chi connectivity index (χ0) is 18.8. The van der Waals surface area contributed by atoms with E-state index in [0.717, 1.165) is 12.8 Å². The third kappa shape index (κ3) is 9.20. The van der Waals surface area contributed by atoms with Gasteiger partial charge in [0.25, 0.3) is 10.1 Å². The second kappa shape index (κ2) is 10.1. The van der Waals surface area contributed by atoms with Crippen molar-refractivity contribution in [1.82, 2.24) is 0 Å². The molecule has 0 unspecified atom stereocenters. The third-order valence-electron chi connectivity index (χ3n) is 2.71. The van der Waals surface area contributed by atoms with Crippen LogP contribution >= 0.6 is 0 Å². The van der Waals surface area contributed by atoms with Crippen LogP contribution in [0.5, 0.6) is 5.75 Å². The Hall–Kier alpha value is -1.94. The smallest absolute Gasteiger partial charge is 0.362 e. The van der Waals surface area contributed by atoms with Crippen molar-refractivity contribution < 1.29 is 29.8 Å². The summed E-state index contributed by atoms with van der Waals surface area (Å²) in [5, 5.41) is 0. The summed E-state index contributed by atoms with van der Waals surface area (Å²) in [6.07, 6.45) is 1.68. The Bertz CT molecular complexity index is 817. The van der Waals surface area contributed by atoms with Crippen LogP contribution in [0.2, 0.25) is 0 Å². The van der Waals surface area contributed by atoms with Gasteiger partial charge in [-0.15, -0.1) is 0 Å². The van der Waals surface area contributed by atoms with E-state index >= 15 is 0 Å². The van der Waals surface area contributed by atoms with E-state index in [0.29, 0.717) is 0 Å². The molecule has 2 aromatic rings. The molecule has 138 valence electrons. The van der Waals surface area contributed by atoms with Crippen molar-refractivity contribution in [1.29, 1.82) is 0 Å². The Kier molecular flexibility index (Phi) is 8.56. The minimum atomic E-state index is -4.38. The van der Waals surface area contributed by atoms with Gasteiger partial charge in [0.2, 0.25) is 0 Å². The van der Waals surface area contributed by atoms with Crippen molar-refractivity contribution >= 4 is 20.5 Å². The number of para-hydroxylation sites is 1. The van der Waals surface area contributed by atoms with Crippen LogP contribution in [0.4, 0.5) is 0 Å². The van der Waals surface area contributed by atoms with E-state index in [2.05, 4.69) is 4.18 Å². The highest BCUT2D eigenvalue weighted by Crippen LogP contribution is 2.11. The first-order valence-corrected chi connectivity index (χ1v) is 10.2. The summed E-state index contributed by atoms with van der Waals surface area (Å²) in [7, 11) is -7.91. The van der Waals surface area contributed by atoms with Crippen LogP contribution in [0.15, 0.2) is 65.6 Å². The van der Waals surface area contributed by atoms with Crippen molar-refractivity contribution in [2.75, 3.05) is 6.61 Å². The standard InChI is InChI=1S/C10H14O3S.C6H6O4S/c1-2-3-9-13-14(11,12)10-7-5-4-6-8-10;7-11(8,9)10-6-4-2-1-3-5-6/h4-8H,2-3,9H2,1H3;1-5H,(H,7,8,9). The minimum absolute atomic E-state index is 0.0926. The summed E-state index contributed by atoms with van der Waals surface area (Å²) in [4.78, 5) is 0.219. The maximum absolute atomic E-state index is 11.5. The van der Waals surface area contributed by atoms with E-state index in [1.54, 1.807) is 36.4 Å². The van der Waals surface area contributed by atoms with Gasteiger partial charge in [0, 0.05) is 0 Å². The summed E-state index contributed by atoms with van der Waals surface area (Å²) in [6, 6.07) is 15.9. The van der Waals surface area contributed by atoms with Crippen molar-refractivity contribution in [3.05, 3.63) is 60.7 Å². The number of hydrogen-bond acceptors (Lipinski definition) is 6. The van der Waals surface area contributed by atoms with E-state index in [-0.39, 0.29) is 17.3 Å². The normalized spacial score (nSPS) is 11.3. The highest BCUT2D eigenvalue weighted by atomic mass is 32.3. The molecule has 0 saturated carbocycles. The van der Waals surface area contributed by atoms with Gasteiger partial charge in [0.05, 0.1) is 11.5 Å². The zero-order valence-corrected chi connectivity index (χ0v) is 15.2. The quantitative estimate of drug-likeness (QED) is 0.441. The zero-order valence-electron chi connectivity index (χ0n) is 13.6. The Morgan fingerprint density at radius 1 is 0.880 bits per heavy atom. The lowest BCUT2D eigenvalue weighted by Crippen LogP contribution is -2.07. The summed E-state index contributed by atoms with van der Waals surface area (Å²) in [5.41, 5.74) is 0. The van der Waals surface area contributed by atoms with Crippen LogP contribution in [0, 0.1) is 0 Å². The van der Waals surface area contributed by atoms with Crippen LogP contribution < -0.4 is 4.18 Å². The molecule has 2 rings (SSSR count). The van der Waals surface area contributed by atoms with E-state index in [1.807, 2.05) is 6.92 Å². The molecule has 0 radical (unpaired) electrons. The summed E-state index contributed by atoms with van der Waals surface area (Å²) < 4.78 is 60.4. The second-order valence-corrected chi connectivity index (χ2v) is 7.40. The van der Waals surface area contributed by atoms with Gasteiger partial charge in [-0.3, -0.25) is 8.74 Å². The molecule has 2 aromatic carbocycles. The first-order chi connectivity index (χ1) is 11.7. The number of hydrogen-bond donors (Lipinski definition) is 1. The summed E-state index contributed by atoms with van der Waals surface area (Å²) >= 11 is 0. The topological polar surface area (TPSA) is 107 Å². The molecule has 0 saturated heterocycles. The lowest BCUT2D eigenvalue weighted by molar-refractivity contribution is 0.311. The van der Waals surface area contributed by atoms with Crippen molar-refractivity contribution in [3.63, 3.8) is 0 Å². The van der Waals surface area contributed by atoms with Gasteiger partial charge in [-0.2, -0.15) is 16.8 Å². The first kappa shape index (κ1) is 21.1. The predicted molar refractivity (Wildman–Crippen MR) is 93.1 cm³/mol. The predicted octanol–water partition coefficient (Wildman–Crippen LogP) is 3.06. The number of benzene rings is 2. The van der Waals surface area contributed by atoms with Gasteiger partial charge >= 0.3 is 10.4 Å². The molecule has 25 heavy (non-hydrogen) atoms. The van der Waals surface area contributed by atoms with Gasteiger partial charge in [0.15, 0.2) is 0 Å². The molecule has 1 N–H and O–H groups in total. The molecule has 0 atom stereocenters. The Labute approximate surface area is 148 Å². The summed E-state index contributed by atoms with van der Waals surface area (Å²) in [6.45, 7) is 2.24. The number of unbranched alkanes of at least 4 members (excludes halogenated alkanes) is 1. The lowest BCUT2D eigenvalue weighted by Gasteiger charge is -2.03. The third-order valence-corrected chi connectivity index (χ3v) is 4.44. The van der Waals surface area contributed by atoms with Crippen molar-refractivity contribution in [2.24, 2.45) is 0 Å². The molecule has 0 fully saturated rings. The van der Waals surface area contributed by atoms with Gasteiger partial charge in [-0.25, -0.2) is 0 Å². The van der Waals surface area contributed by atoms with Gasteiger partial charge < -0.3 is 4.18 Å². The van der Waals surface area contributed by atoms with E-state index in [4.69, 9.17) is 8.74 Å².